The van der Waals surface area contributed by atoms with Crippen molar-refractivity contribution in [1.29, 1.82) is 0 Å². The van der Waals surface area contributed by atoms with E-state index >= 15 is 0 Å². The van der Waals surface area contributed by atoms with Gasteiger partial charge in [-0.1, -0.05) is 18.2 Å². The normalized spacial score (nSPS) is 10.3. The van der Waals surface area contributed by atoms with Crippen molar-refractivity contribution in [3.05, 3.63) is 65.7 Å². The predicted molar refractivity (Wildman–Crippen MR) is 75.4 cm³/mol. The second-order valence-electron chi connectivity index (χ2n) is 4.74. The number of carbonyl (C=O) groups excluding carboxylic acids is 1. The van der Waals surface area contributed by atoms with Crippen molar-refractivity contribution in [2.75, 3.05) is 7.05 Å². The Morgan fingerprint density at radius 2 is 1.95 bits per heavy atom. The van der Waals surface area contributed by atoms with E-state index in [2.05, 4.69) is 4.98 Å². The summed E-state index contributed by atoms with van der Waals surface area (Å²) < 4.78 is 12.8. The van der Waals surface area contributed by atoms with Crippen LogP contribution in [0.25, 0.3) is 0 Å². The van der Waals surface area contributed by atoms with E-state index in [1.54, 1.807) is 36.5 Å². The smallest absolute Gasteiger partial charge is 0.222 e. The molecule has 0 spiro atoms. The summed E-state index contributed by atoms with van der Waals surface area (Å²) in [5.74, 6) is -0.197. The van der Waals surface area contributed by atoms with Gasteiger partial charge in [0, 0.05) is 32.4 Å². The van der Waals surface area contributed by atoms with Gasteiger partial charge in [0.15, 0.2) is 0 Å². The first-order valence-corrected chi connectivity index (χ1v) is 6.52. The zero-order valence-corrected chi connectivity index (χ0v) is 11.4. The summed E-state index contributed by atoms with van der Waals surface area (Å²) >= 11 is 0. The number of hydrogen-bond acceptors (Lipinski definition) is 2. The van der Waals surface area contributed by atoms with Gasteiger partial charge in [0.25, 0.3) is 0 Å². The molecule has 0 aliphatic carbocycles. The lowest BCUT2D eigenvalue weighted by Crippen LogP contribution is -2.26. The van der Waals surface area contributed by atoms with E-state index in [1.165, 1.54) is 12.1 Å². The van der Waals surface area contributed by atoms with Crippen LogP contribution in [-0.2, 0) is 17.8 Å². The summed E-state index contributed by atoms with van der Waals surface area (Å²) in [7, 11) is 1.76. The number of hydrogen-bond donors (Lipinski definition) is 0. The number of halogens is 1. The highest BCUT2D eigenvalue weighted by molar-refractivity contribution is 5.76. The van der Waals surface area contributed by atoms with E-state index < -0.39 is 0 Å². The van der Waals surface area contributed by atoms with Gasteiger partial charge in [-0.2, -0.15) is 0 Å². The molecular weight excluding hydrogens is 255 g/mol. The van der Waals surface area contributed by atoms with Crippen LogP contribution in [0.1, 0.15) is 17.5 Å². The van der Waals surface area contributed by atoms with Crippen LogP contribution in [-0.4, -0.2) is 22.8 Å². The van der Waals surface area contributed by atoms with Gasteiger partial charge in [0.2, 0.25) is 5.91 Å². The van der Waals surface area contributed by atoms with E-state index in [0.717, 1.165) is 11.1 Å². The van der Waals surface area contributed by atoms with E-state index in [1.807, 2.05) is 12.1 Å². The maximum atomic E-state index is 12.8. The Balaban J connectivity index is 1.84. The fraction of sp³-hybridized carbons (Fsp3) is 0.250. The van der Waals surface area contributed by atoms with Gasteiger partial charge in [-0.25, -0.2) is 4.39 Å². The Morgan fingerprint density at radius 3 is 2.60 bits per heavy atom. The minimum absolute atomic E-state index is 0.0678. The Hall–Kier alpha value is -2.23. The van der Waals surface area contributed by atoms with Gasteiger partial charge < -0.3 is 4.90 Å². The fourth-order valence-electron chi connectivity index (χ4n) is 1.94. The van der Waals surface area contributed by atoms with Gasteiger partial charge in [-0.15, -0.1) is 0 Å². The quantitative estimate of drug-likeness (QED) is 0.838. The zero-order valence-electron chi connectivity index (χ0n) is 11.4. The number of aromatic nitrogens is 1. The molecule has 104 valence electrons. The molecular formula is C16H17FN2O. The number of amides is 1. The molecule has 1 amide bonds. The van der Waals surface area contributed by atoms with E-state index in [4.69, 9.17) is 0 Å². The van der Waals surface area contributed by atoms with Crippen molar-refractivity contribution >= 4 is 5.91 Å². The van der Waals surface area contributed by atoms with Crippen molar-refractivity contribution in [1.82, 2.24) is 9.88 Å². The molecule has 0 bridgehead atoms. The fourth-order valence-corrected chi connectivity index (χ4v) is 1.94. The number of aryl methyl sites for hydroxylation is 1. The number of pyridine rings is 1. The van der Waals surface area contributed by atoms with Crippen LogP contribution in [0.4, 0.5) is 4.39 Å². The van der Waals surface area contributed by atoms with Crippen molar-refractivity contribution in [3.63, 3.8) is 0 Å². The minimum Gasteiger partial charge on any atom is -0.341 e. The minimum atomic E-state index is -0.265. The summed E-state index contributed by atoms with van der Waals surface area (Å²) in [6.07, 6.45) is 4.61. The zero-order chi connectivity index (χ0) is 14.4. The highest BCUT2D eigenvalue weighted by Gasteiger charge is 2.09. The Kier molecular flexibility index (Phi) is 4.82. The molecule has 0 saturated carbocycles. The first-order chi connectivity index (χ1) is 9.65. The molecule has 0 atom stereocenters. The van der Waals surface area contributed by atoms with E-state index in [0.29, 0.717) is 19.4 Å². The summed E-state index contributed by atoms with van der Waals surface area (Å²) in [4.78, 5) is 17.7. The first kappa shape index (κ1) is 14.2. The molecule has 0 fully saturated rings. The van der Waals surface area contributed by atoms with Crippen LogP contribution < -0.4 is 0 Å². The summed E-state index contributed by atoms with van der Waals surface area (Å²) in [6.45, 7) is 0.492. The average molecular weight is 272 g/mol. The second-order valence-corrected chi connectivity index (χ2v) is 4.74. The topological polar surface area (TPSA) is 33.2 Å². The molecule has 3 nitrogen and oxygen atoms in total. The number of benzene rings is 1. The summed E-state index contributed by atoms with van der Waals surface area (Å²) in [5.41, 5.74) is 1.97. The Morgan fingerprint density at radius 1 is 1.20 bits per heavy atom. The van der Waals surface area contributed by atoms with E-state index in [9.17, 15) is 9.18 Å². The van der Waals surface area contributed by atoms with Crippen molar-refractivity contribution in [2.24, 2.45) is 0 Å². The third kappa shape index (κ3) is 4.16. The molecule has 0 radical (unpaired) electrons. The molecule has 0 aliphatic heterocycles. The van der Waals surface area contributed by atoms with Gasteiger partial charge in [-0.3, -0.25) is 9.78 Å². The molecule has 1 heterocycles. The third-order valence-corrected chi connectivity index (χ3v) is 3.11. The summed E-state index contributed by atoms with van der Waals surface area (Å²) in [5, 5.41) is 0. The molecule has 1 aromatic heterocycles. The summed E-state index contributed by atoms with van der Waals surface area (Å²) in [6, 6.07) is 10.0. The van der Waals surface area contributed by atoms with Crippen LogP contribution in [0.3, 0.4) is 0 Å². The van der Waals surface area contributed by atoms with Crippen LogP contribution in [0.5, 0.6) is 0 Å². The lowest BCUT2D eigenvalue weighted by Gasteiger charge is -2.17. The monoisotopic (exact) mass is 272 g/mol. The largest absolute Gasteiger partial charge is 0.341 e. The average Bonchev–Trinajstić information content (AvgIpc) is 2.48. The lowest BCUT2D eigenvalue weighted by molar-refractivity contribution is -0.130. The van der Waals surface area contributed by atoms with Gasteiger partial charge in [-0.05, 0) is 35.7 Å². The van der Waals surface area contributed by atoms with Crippen molar-refractivity contribution < 1.29 is 9.18 Å². The van der Waals surface area contributed by atoms with Crippen LogP contribution in [0.15, 0.2) is 48.8 Å². The number of nitrogens with zero attached hydrogens (tertiary/aromatic N) is 2. The molecule has 0 N–H and O–H groups in total. The molecule has 20 heavy (non-hydrogen) atoms. The van der Waals surface area contributed by atoms with Gasteiger partial charge >= 0.3 is 0 Å². The maximum absolute atomic E-state index is 12.8. The molecule has 4 heteroatoms. The van der Waals surface area contributed by atoms with Crippen molar-refractivity contribution in [2.45, 2.75) is 19.4 Å². The van der Waals surface area contributed by atoms with E-state index in [-0.39, 0.29) is 11.7 Å². The maximum Gasteiger partial charge on any atom is 0.222 e. The van der Waals surface area contributed by atoms with Crippen LogP contribution >= 0.6 is 0 Å². The van der Waals surface area contributed by atoms with Crippen LogP contribution in [0.2, 0.25) is 0 Å². The van der Waals surface area contributed by atoms with Gasteiger partial charge in [0.1, 0.15) is 5.82 Å². The molecule has 0 aliphatic rings. The SMILES string of the molecule is CN(Cc1ccc(F)cc1)C(=O)CCc1cccnc1. The second kappa shape index (κ2) is 6.80. The number of rotatable bonds is 5. The Bertz CT molecular complexity index is 554. The Labute approximate surface area is 118 Å². The first-order valence-electron chi connectivity index (χ1n) is 6.52. The standard InChI is InChI=1S/C16H17FN2O/c1-19(12-14-4-7-15(17)8-5-14)16(20)9-6-13-3-2-10-18-11-13/h2-5,7-8,10-11H,6,9,12H2,1H3. The predicted octanol–water partition coefficient (Wildman–Crippen LogP) is 2.81. The molecule has 0 unspecified atom stereocenters. The third-order valence-electron chi connectivity index (χ3n) is 3.11. The van der Waals surface area contributed by atoms with Crippen molar-refractivity contribution in [3.8, 4) is 0 Å². The molecule has 2 rings (SSSR count). The molecule has 1 aromatic carbocycles. The molecule has 0 saturated heterocycles. The molecule has 2 aromatic rings. The lowest BCUT2D eigenvalue weighted by atomic mass is 10.1. The highest BCUT2D eigenvalue weighted by atomic mass is 19.1. The van der Waals surface area contributed by atoms with Gasteiger partial charge in [0.05, 0.1) is 0 Å². The van der Waals surface area contributed by atoms with Crippen LogP contribution in [0, 0.1) is 5.82 Å². The highest BCUT2D eigenvalue weighted by Crippen LogP contribution is 2.08. The number of carbonyl (C=O) groups is 1.